The van der Waals surface area contributed by atoms with Gasteiger partial charge in [0.25, 0.3) is 10.1 Å². The Labute approximate surface area is 92.0 Å². The molecular weight excluding hydrogens is 214 g/mol. The van der Waals surface area contributed by atoms with E-state index in [0.717, 1.165) is 6.42 Å². The second kappa shape index (κ2) is 5.27. The SMILES string of the molecule is C[C@H]1CCCC[C@H]1C(N)CCS(=O)(=O)O. The Hall–Kier alpha value is -0.130. The van der Waals surface area contributed by atoms with Crippen molar-refractivity contribution in [2.45, 2.75) is 45.1 Å². The fourth-order valence-corrected chi connectivity index (χ4v) is 3.05. The first-order chi connectivity index (χ1) is 6.90. The van der Waals surface area contributed by atoms with E-state index < -0.39 is 10.1 Å². The Balaban J connectivity index is 2.41. The lowest BCUT2D eigenvalue weighted by Crippen LogP contribution is -2.37. The molecule has 0 heterocycles. The summed E-state index contributed by atoms with van der Waals surface area (Å²) >= 11 is 0. The third-order valence-electron chi connectivity index (χ3n) is 3.44. The second-order valence-electron chi connectivity index (χ2n) is 4.66. The zero-order valence-electron chi connectivity index (χ0n) is 9.22. The zero-order chi connectivity index (χ0) is 11.5. The van der Waals surface area contributed by atoms with Crippen LogP contribution in [-0.4, -0.2) is 24.8 Å². The van der Waals surface area contributed by atoms with Crippen LogP contribution in [0.4, 0.5) is 0 Å². The van der Waals surface area contributed by atoms with Gasteiger partial charge in [-0.1, -0.05) is 26.2 Å². The molecule has 0 saturated heterocycles. The van der Waals surface area contributed by atoms with E-state index in [4.69, 9.17) is 10.3 Å². The van der Waals surface area contributed by atoms with E-state index >= 15 is 0 Å². The van der Waals surface area contributed by atoms with Crippen molar-refractivity contribution in [3.05, 3.63) is 0 Å². The molecule has 1 aliphatic rings. The molecule has 0 aliphatic heterocycles. The summed E-state index contributed by atoms with van der Waals surface area (Å²) in [5.74, 6) is 0.785. The first kappa shape index (κ1) is 12.9. The van der Waals surface area contributed by atoms with Crippen molar-refractivity contribution >= 4 is 10.1 Å². The quantitative estimate of drug-likeness (QED) is 0.722. The predicted octanol–water partition coefficient (Wildman–Crippen LogP) is 1.42. The molecule has 1 aliphatic carbocycles. The Morgan fingerprint density at radius 3 is 2.53 bits per heavy atom. The maximum atomic E-state index is 10.6. The van der Waals surface area contributed by atoms with E-state index in [9.17, 15) is 8.42 Å². The Bertz CT molecular complexity index is 289. The van der Waals surface area contributed by atoms with Crippen molar-refractivity contribution in [3.63, 3.8) is 0 Å². The van der Waals surface area contributed by atoms with Gasteiger partial charge in [0.15, 0.2) is 0 Å². The number of hydrogen-bond donors (Lipinski definition) is 2. The molecule has 15 heavy (non-hydrogen) atoms. The van der Waals surface area contributed by atoms with Gasteiger partial charge in [0, 0.05) is 6.04 Å². The van der Waals surface area contributed by atoms with Crippen LogP contribution in [0.1, 0.15) is 39.0 Å². The van der Waals surface area contributed by atoms with Crippen molar-refractivity contribution in [1.29, 1.82) is 0 Å². The van der Waals surface area contributed by atoms with Gasteiger partial charge in [0.05, 0.1) is 5.75 Å². The molecule has 0 bridgehead atoms. The first-order valence-corrected chi connectivity index (χ1v) is 7.22. The van der Waals surface area contributed by atoms with Crippen LogP contribution in [0.15, 0.2) is 0 Å². The van der Waals surface area contributed by atoms with Crippen LogP contribution in [0.25, 0.3) is 0 Å². The van der Waals surface area contributed by atoms with Gasteiger partial charge in [-0.2, -0.15) is 8.42 Å². The van der Waals surface area contributed by atoms with Crippen LogP contribution in [0.2, 0.25) is 0 Å². The third kappa shape index (κ3) is 4.49. The highest BCUT2D eigenvalue weighted by atomic mass is 32.2. The van der Waals surface area contributed by atoms with Crippen LogP contribution in [0.3, 0.4) is 0 Å². The van der Waals surface area contributed by atoms with Crippen molar-refractivity contribution in [2.75, 3.05) is 5.75 Å². The van der Waals surface area contributed by atoms with E-state index in [-0.39, 0.29) is 11.8 Å². The number of hydrogen-bond acceptors (Lipinski definition) is 3. The molecule has 1 rings (SSSR count). The number of nitrogens with two attached hydrogens (primary N) is 1. The zero-order valence-corrected chi connectivity index (χ0v) is 10.0. The molecule has 3 N–H and O–H groups in total. The first-order valence-electron chi connectivity index (χ1n) is 5.61. The summed E-state index contributed by atoms with van der Waals surface area (Å²) in [5.41, 5.74) is 5.97. The van der Waals surface area contributed by atoms with E-state index in [1.165, 1.54) is 19.3 Å². The summed E-state index contributed by atoms with van der Waals surface area (Å²) in [6, 6.07) is -0.0952. The van der Waals surface area contributed by atoms with Gasteiger partial charge in [0.2, 0.25) is 0 Å². The Kier molecular flexibility index (Phi) is 4.55. The monoisotopic (exact) mass is 235 g/mol. The molecule has 1 unspecified atom stereocenters. The lowest BCUT2D eigenvalue weighted by Gasteiger charge is -2.33. The minimum Gasteiger partial charge on any atom is -0.327 e. The standard InChI is InChI=1S/C10H21NO3S/c1-8-4-2-3-5-9(8)10(11)6-7-15(12,13)14/h8-10H,2-7,11H2,1H3,(H,12,13,14)/t8-,9+,10?/m0/s1. The topological polar surface area (TPSA) is 80.4 Å². The Morgan fingerprint density at radius 2 is 2.00 bits per heavy atom. The molecule has 0 radical (unpaired) electrons. The summed E-state index contributed by atoms with van der Waals surface area (Å²) in [6.45, 7) is 2.18. The van der Waals surface area contributed by atoms with Crippen LogP contribution in [0.5, 0.6) is 0 Å². The summed E-state index contributed by atoms with van der Waals surface area (Å²) in [5, 5.41) is 0. The fourth-order valence-electron chi connectivity index (χ4n) is 2.48. The maximum Gasteiger partial charge on any atom is 0.264 e. The van der Waals surface area contributed by atoms with E-state index in [0.29, 0.717) is 18.3 Å². The molecule has 90 valence electrons. The molecule has 5 heteroatoms. The van der Waals surface area contributed by atoms with Crippen molar-refractivity contribution < 1.29 is 13.0 Å². The van der Waals surface area contributed by atoms with Crippen molar-refractivity contribution in [2.24, 2.45) is 17.6 Å². The molecular formula is C10H21NO3S. The maximum absolute atomic E-state index is 10.6. The van der Waals surface area contributed by atoms with Gasteiger partial charge >= 0.3 is 0 Å². The van der Waals surface area contributed by atoms with Crippen LogP contribution in [0, 0.1) is 11.8 Å². The average molecular weight is 235 g/mol. The molecule has 3 atom stereocenters. The molecule has 0 spiro atoms. The highest BCUT2D eigenvalue weighted by molar-refractivity contribution is 7.85. The molecule has 0 amide bonds. The molecule has 1 saturated carbocycles. The summed E-state index contributed by atoms with van der Waals surface area (Å²) in [7, 11) is -3.86. The molecule has 4 nitrogen and oxygen atoms in total. The van der Waals surface area contributed by atoms with Gasteiger partial charge < -0.3 is 5.73 Å². The number of rotatable bonds is 4. The fraction of sp³-hybridized carbons (Fsp3) is 1.00. The highest BCUT2D eigenvalue weighted by Gasteiger charge is 2.27. The van der Waals surface area contributed by atoms with Crippen molar-refractivity contribution in [1.82, 2.24) is 0 Å². The lowest BCUT2D eigenvalue weighted by molar-refractivity contribution is 0.214. The normalized spacial score (nSPS) is 30.1. The van der Waals surface area contributed by atoms with Crippen LogP contribution >= 0.6 is 0 Å². The van der Waals surface area contributed by atoms with Gasteiger partial charge in [-0.3, -0.25) is 4.55 Å². The predicted molar refractivity (Wildman–Crippen MR) is 60.1 cm³/mol. The smallest absolute Gasteiger partial charge is 0.264 e. The average Bonchev–Trinajstić information content (AvgIpc) is 2.14. The van der Waals surface area contributed by atoms with Gasteiger partial charge in [-0.25, -0.2) is 0 Å². The third-order valence-corrected chi connectivity index (χ3v) is 4.19. The van der Waals surface area contributed by atoms with Crippen LogP contribution < -0.4 is 5.73 Å². The molecule has 1 fully saturated rings. The minimum absolute atomic E-state index is 0.0952. The van der Waals surface area contributed by atoms with E-state index in [1.807, 2.05) is 0 Å². The van der Waals surface area contributed by atoms with E-state index in [2.05, 4.69) is 6.92 Å². The lowest BCUT2D eigenvalue weighted by atomic mass is 9.76. The molecule has 0 aromatic heterocycles. The van der Waals surface area contributed by atoms with Gasteiger partial charge in [-0.05, 0) is 24.7 Å². The van der Waals surface area contributed by atoms with Crippen molar-refractivity contribution in [3.8, 4) is 0 Å². The largest absolute Gasteiger partial charge is 0.327 e. The molecule has 0 aromatic rings. The highest BCUT2D eigenvalue weighted by Crippen LogP contribution is 2.32. The summed E-state index contributed by atoms with van der Waals surface area (Å²) in [6.07, 6.45) is 5.09. The van der Waals surface area contributed by atoms with E-state index in [1.54, 1.807) is 0 Å². The summed E-state index contributed by atoms with van der Waals surface area (Å²) < 4.78 is 29.8. The Morgan fingerprint density at radius 1 is 1.40 bits per heavy atom. The van der Waals surface area contributed by atoms with Crippen LogP contribution in [-0.2, 0) is 10.1 Å². The minimum atomic E-state index is -3.86. The van der Waals surface area contributed by atoms with Gasteiger partial charge in [-0.15, -0.1) is 0 Å². The second-order valence-corrected chi connectivity index (χ2v) is 6.24. The van der Waals surface area contributed by atoms with Gasteiger partial charge in [0.1, 0.15) is 0 Å². The molecule has 0 aromatic carbocycles. The summed E-state index contributed by atoms with van der Waals surface area (Å²) in [4.78, 5) is 0.